The number of aromatic nitrogens is 1. The van der Waals surface area contributed by atoms with Crippen LogP contribution in [0.3, 0.4) is 0 Å². The molecule has 28 heavy (non-hydrogen) atoms. The van der Waals surface area contributed by atoms with Crippen molar-refractivity contribution < 1.29 is 19.4 Å². The van der Waals surface area contributed by atoms with Gasteiger partial charge in [-0.1, -0.05) is 11.6 Å². The van der Waals surface area contributed by atoms with Crippen LogP contribution in [0.4, 0.5) is 5.69 Å². The van der Waals surface area contributed by atoms with Crippen LogP contribution in [-0.2, 0) is 16.0 Å². The lowest BCUT2D eigenvalue weighted by Gasteiger charge is -2.34. The number of carbonyl (C=O) groups is 2. The second-order valence-corrected chi connectivity index (χ2v) is 7.49. The summed E-state index contributed by atoms with van der Waals surface area (Å²) in [5.41, 5.74) is 0.754. The van der Waals surface area contributed by atoms with Gasteiger partial charge in [0.15, 0.2) is 0 Å². The number of aromatic hydroxyl groups is 1. The van der Waals surface area contributed by atoms with Crippen molar-refractivity contribution in [3.05, 3.63) is 52.8 Å². The summed E-state index contributed by atoms with van der Waals surface area (Å²) in [6.45, 7) is 3.20. The van der Waals surface area contributed by atoms with E-state index in [0.29, 0.717) is 29.5 Å². The first-order valence-corrected chi connectivity index (χ1v) is 9.36. The van der Waals surface area contributed by atoms with Crippen LogP contribution in [0.25, 0.3) is 0 Å². The van der Waals surface area contributed by atoms with Crippen molar-refractivity contribution in [2.45, 2.75) is 31.7 Å². The summed E-state index contributed by atoms with van der Waals surface area (Å²) in [6.07, 6.45) is 2.89. The molecule has 1 fully saturated rings. The number of benzene rings is 1. The van der Waals surface area contributed by atoms with Crippen molar-refractivity contribution in [1.82, 2.24) is 10.3 Å². The molecule has 1 aliphatic heterocycles. The maximum Gasteiger partial charge on any atom is 0.270 e. The van der Waals surface area contributed by atoms with E-state index in [2.05, 4.69) is 15.6 Å². The van der Waals surface area contributed by atoms with Crippen molar-refractivity contribution in [2.75, 3.05) is 18.5 Å². The Bertz CT molecular complexity index is 882. The van der Waals surface area contributed by atoms with Gasteiger partial charge < -0.3 is 20.5 Å². The molecule has 0 saturated carbocycles. The number of halogens is 1. The van der Waals surface area contributed by atoms with E-state index >= 15 is 0 Å². The van der Waals surface area contributed by atoms with Crippen LogP contribution in [-0.4, -0.2) is 40.7 Å². The number of phenolic OH excluding ortho intramolecular Hbond substituents is 1. The molecule has 0 radical (unpaired) electrons. The second kappa shape index (κ2) is 8.58. The Balaban J connectivity index is 1.64. The average molecular weight is 404 g/mol. The normalized spacial score (nSPS) is 15.6. The monoisotopic (exact) mass is 403 g/mol. The Morgan fingerprint density at radius 1 is 1.25 bits per heavy atom. The lowest BCUT2D eigenvalue weighted by molar-refractivity contribution is -0.115. The zero-order valence-corrected chi connectivity index (χ0v) is 16.3. The number of anilines is 1. The van der Waals surface area contributed by atoms with Crippen molar-refractivity contribution >= 4 is 29.1 Å². The molecular formula is C20H22ClN3O4. The van der Waals surface area contributed by atoms with E-state index < -0.39 is 0 Å². The molecule has 0 spiro atoms. The van der Waals surface area contributed by atoms with Crippen molar-refractivity contribution in [1.29, 1.82) is 0 Å². The van der Waals surface area contributed by atoms with Crippen LogP contribution in [0.5, 0.6) is 5.75 Å². The van der Waals surface area contributed by atoms with E-state index in [-0.39, 0.29) is 35.2 Å². The first-order valence-electron chi connectivity index (χ1n) is 8.98. The van der Waals surface area contributed by atoms with Crippen LogP contribution in [0.1, 0.15) is 35.8 Å². The molecule has 2 heterocycles. The number of carbonyl (C=O) groups excluding carboxylic acids is 2. The minimum absolute atomic E-state index is 0.000879. The van der Waals surface area contributed by atoms with Crippen LogP contribution in [0, 0.1) is 0 Å². The number of pyridine rings is 1. The summed E-state index contributed by atoms with van der Waals surface area (Å²) in [7, 11) is 0. The van der Waals surface area contributed by atoms with Gasteiger partial charge in [-0.15, -0.1) is 0 Å². The average Bonchev–Trinajstić information content (AvgIpc) is 2.65. The minimum atomic E-state index is -0.341. The third-order valence-corrected chi connectivity index (χ3v) is 4.92. The van der Waals surface area contributed by atoms with E-state index in [0.717, 1.165) is 12.8 Å². The summed E-state index contributed by atoms with van der Waals surface area (Å²) in [4.78, 5) is 28.9. The second-order valence-electron chi connectivity index (χ2n) is 7.05. The van der Waals surface area contributed by atoms with E-state index in [1.165, 1.54) is 24.4 Å². The Labute approximate surface area is 168 Å². The van der Waals surface area contributed by atoms with Crippen molar-refractivity contribution in [3.8, 4) is 5.75 Å². The zero-order chi connectivity index (χ0) is 20.1. The first-order chi connectivity index (χ1) is 13.3. The van der Waals surface area contributed by atoms with Gasteiger partial charge >= 0.3 is 0 Å². The molecule has 1 aromatic carbocycles. The maximum atomic E-state index is 12.6. The van der Waals surface area contributed by atoms with E-state index in [1.807, 2.05) is 6.92 Å². The van der Waals surface area contributed by atoms with Gasteiger partial charge in [-0.05, 0) is 50.1 Å². The highest BCUT2D eigenvalue weighted by atomic mass is 35.5. The number of hydrogen-bond donors (Lipinski definition) is 3. The van der Waals surface area contributed by atoms with Crippen molar-refractivity contribution in [2.24, 2.45) is 0 Å². The topological polar surface area (TPSA) is 101 Å². The SMILES string of the molecule is CC1(NC(=O)c2cc(NC(=O)Cc3cc(Cl)ccc3O)ccn2)CCOCC1. The summed E-state index contributed by atoms with van der Waals surface area (Å²) in [5.74, 6) is -0.640. The Morgan fingerprint density at radius 2 is 2.00 bits per heavy atom. The van der Waals surface area contributed by atoms with E-state index in [4.69, 9.17) is 16.3 Å². The van der Waals surface area contributed by atoms with Gasteiger partial charge in [-0.2, -0.15) is 0 Å². The number of nitrogens with one attached hydrogen (secondary N) is 2. The molecule has 7 nitrogen and oxygen atoms in total. The molecule has 2 aromatic rings. The molecule has 0 bridgehead atoms. The van der Waals surface area contributed by atoms with Gasteiger partial charge in [-0.3, -0.25) is 14.6 Å². The highest BCUT2D eigenvalue weighted by Crippen LogP contribution is 2.23. The predicted octanol–water partition coefficient (Wildman–Crippen LogP) is 2.92. The number of ether oxygens (including phenoxy) is 1. The highest BCUT2D eigenvalue weighted by molar-refractivity contribution is 6.30. The van der Waals surface area contributed by atoms with Gasteiger partial charge in [0.25, 0.3) is 5.91 Å². The lowest BCUT2D eigenvalue weighted by atomic mass is 9.92. The summed E-state index contributed by atoms with van der Waals surface area (Å²) >= 11 is 5.90. The van der Waals surface area contributed by atoms with Crippen molar-refractivity contribution in [3.63, 3.8) is 0 Å². The molecule has 1 saturated heterocycles. The molecule has 1 aliphatic rings. The molecule has 2 amide bonds. The zero-order valence-electron chi connectivity index (χ0n) is 15.5. The molecule has 0 unspecified atom stereocenters. The van der Waals surface area contributed by atoms with Crippen LogP contribution >= 0.6 is 11.6 Å². The van der Waals surface area contributed by atoms with Crippen LogP contribution in [0.2, 0.25) is 5.02 Å². The van der Waals surface area contributed by atoms with Gasteiger partial charge in [0.2, 0.25) is 5.91 Å². The molecular weight excluding hydrogens is 382 g/mol. The molecule has 3 rings (SSSR count). The predicted molar refractivity (Wildman–Crippen MR) is 106 cm³/mol. The van der Waals surface area contributed by atoms with E-state index in [1.54, 1.807) is 12.1 Å². The number of rotatable bonds is 5. The fourth-order valence-corrected chi connectivity index (χ4v) is 3.19. The summed E-state index contributed by atoms with van der Waals surface area (Å²) < 4.78 is 5.34. The largest absolute Gasteiger partial charge is 0.508 e. The van der Waals surface area contributed by atoms with Crippen LogP contribution in [0.15, 0.2) is 36.5 Å². The third kappa shape index (κ3) is 5.21. The van der Waals surface area contributed by atoms with Crippen LogP contribution < -0.4 is 10.6 Å². The highest BCUT2D eigenvalue weighted by Gasteiger charge is 2.29. The fraction of sp³-hybridized carbons (Fsp3) is 0.350. The smallest absolute Gasteiger partial charge is 0.270 e. The lowest BCUT2D eigenvalue weighted by Crippen LogP contribution is -2.49. The Hall–Kier alpha value is -2.64. The van der Waals surface area contributed by atoms with E-state index in [9.17, 15) is 14.7 Å². The fourth-order valence-electron chi connectivity index (χ4n) is 2.99. The first kappa shape index (κ1) is 20.1. The quantitative estimate of drug-likeness (QED) is 0.712. The molecule has 3 N–H and O–H groups in total. The number of nitrogens with zero attached hydrogens (tertiary/aromatic N) is 1. The standard InChI is InChI=1S/C20H22ClN3O4/c1-20(5-8-28-9-6-20)24-19(27)16-12-15(4-7-22-16)23-18(26)11-13-10-14(21)2-3-17(13)25/h2-4,7,10,12,25H,5-6,8-9,11H2,1H3,(H,24,27)(H,22,23,26). The Morgan fingerprint density at radius 3 is 2.75 bits per heavy atom. The number of amides is 2. The minimum Gasteiger partial charge on any atom is -0.508 e. The number of phenols is 1. The summed E-state index contributed by atoms with van der Waals surface area (Å²) in [6, 6.07) is 7.65. The summed E-state index contributed by atoms with van der Waals surface area (Å²) in [5, 5.41) is 16.0. The van der Waals surface area contributed by atoms with Gasteiger partial charge in [-0.25, -0.2) is 0 Å². The maximum absolute atomic E-state index is 12.6. The van der Waals surface area contributed by atoms with Gasteiger partial charge in [0.1, 0.15) is 11.4 Å². The molecule has 0 aliphatic carbocycles. The Kier molecular flexibility index (Phi) is 6.16. The van der Waals surface area contributed by atoms with Gasteiger partial charge in [0.05, 0.1) is 6.42 Å². The molecule has 1 aromatic heterocycles. The molecule has 0 atom stereocenters. The molecule has 8 heteroatoms. The molecule has 148 valence electrons. The number of hydrogen-bond acceptors (Lipinski definition) is 5. The third-order valence-electron chi connectivity index (χ3n) is 4.68. The van der Waals surface area contributed by atoms with Gasteiger partial charge in [0, 0.05) is 41.2 Å².